The molecule has 12 heavy (non-hydrogen) atoms. The molecule has 0 heterocycles. The molecule has 0 saturated carbocycles. The number of hydrogen-bond acceptors (Lipinski definition) is 2. The second kappa shape index (κ2) is 3.77. The molecule has 0 spiro atoms. The van der Waals surface area contributed by atoms with Crippen molar-refractivity contribution in [2.24, 2.45) is 0 Å². The van der Waals surface area contributed by atoms with E-state index in [2.05, 4.69) is 6.07 Å². The van der Waals surface area contributed by atoms with Crippen LogP contribution in [-0.2, 0) is 6.42 Å². The first-order chi connectivity index (χ1) is 5.72. The van der Waals surface area contributed by atoms with Crippen LogP contribution in [-0.4, -0.2) is 5.11 Å². The number of benzene rings is 1. The first kappa shape index (κ1) is 8.61. The van der Waals surface area contributed by atoms with E-state index in [0.717, 1.165) is 11.1 Å². The second-order valence-electron chi connectivity index (χ2n) is 2.83. The summed E-state index contributed by atoms with van der Waals surface area (Å²) in [5, 5.41) is 17.6. The van der Waals surface area contributed by atoms with Crippen LogP contribution in [0.5, 0.6) is 5.75 Å². The van der Waals surface area contributed by atoms with E-state index in [9.17, 15) is 5.11 Å². The maximum absolute atomic E-state index is 9.21. The Labute approximate surface area is 72.1 Å². The first-order valence-corrected chi connectivity index (χ1v) is 3.89. The van der Waals surface area contributed by atoms with Crippen molar-refractivity contribution in [1.29, 1.82) is 5.26 Å². The zero-order chi connectivity index (χ0) is 8.97. The van der Waals surface area contributed by atoms with Crippen molar-refractivity contribution in [3.8, 4) is 11.8 Å². The maximum Gasteiger partial charge on any atom is 0.116 e. The molecule has 0 aliphatic rings. The van der Waals surface area contributed by atoms with Crippen molar-refractivity contribution in [1.82, 2.24) is 0 Å². The number of hydrogen-bond donors (Lipinski definition) is 1. The SMILES string of the molecule is Cc1cc(O)cc(CCC#N)c1. The lowest BCUT2D eigenvalue weighted by atomic mass is 10.1. The fraction of sp³-hybridized carbons (Fsp3) is 0.300. The van der Waals surface area contributed by atoms with Gasteiger partial charge in [0.1, 0.15) is 5.75 Å². The van der Waals surface area contributed by atoms with E-state index in [1.54, 1.807) is 12.1 Å². The maximum atomic E-state index is 9.21. The summed E-state index contributed by atoms with van der Waals surface area (Å²) in [6.45, 7) is 1.93. The third kappa shape index (κ3) is 2.28. The van der Waals surface area contributed by atoms with Gasteiger partial charge >= 0.3 is 0 Å². The number of nitriles is 1. The lowest BCUT2D eigenvalue weighted by molar-refractivity contribution is 0.474. The van der Waals surface area contributed by atoms with Gasteiger partial charge in [-0.05, 0) is 36.6 Å². The van der Waals surface area contributed by atoms with Gasteiger partial charge in [0.05, 0.1) is 6.07 Å². The average molecular weight is 161 g/mol. The molecule has 0 bridgehead atoms. The third-order valence-corrected chi connectivity index (χ3v) is 1.65. The van der Waals surface area contributed by atoms with Gasteiger partial charge < -0.3 is 5.11 Å². The molecule has 0 unspecified atom stereocenters. The Kier molecular flexibility index (Phi) is 2.71. The average Bonchev–Trinajstić information content (AvgIpc) is 1.99. The van der Waals surface area contributed by atoms with Crippen LogP contribution in [0, 0.1) is 18.3 Å². The normalized spacial score (nSPS) is 9.33. The lowest BCUT2D eigenvalue weighted by Gasteiger charge is -2.00. The van der Waals surface area contributed by atoms with Gasteiger partial charge in [-0.3, -0.25) is 0 Å². The van der Waals surface area contributed by atoms with Crippen LogP contribution in [0.4, 0.5) is 0 Å². The minimum Gasteiger partial charge on any atom is -0.508 e. The minimum atomic E-state index is 0.280. The van der Waals surface area contributed by atoms with Crippen LogP contribution in [0.25, 0.3) is 0 Å². The van der Waals surface area contributed by atoms with Gasteiger partial charge in [-0.15, -0.1) is 0 Å². The van der Waals surface area contributed by atoms with Crippen LogP contribution < -0.4 is 0 Å². The van der Waals surface area contributed by atoms with E-state index in [1.807, 2.05) is 13.0 Å². The summed E-state index contributed by atoms with van der Waals surface area (Å²) >= 11 is 0. The number of aromatic hydroxyl groups is 1. The fourth-order valence-electron chi connectivity index (χ4n) is 1.19. The molecule has 1 N–H and O–H groups in total. The highest BCUT2D eigenvalue weighted by atomic mass is 16.3. The van der Waals surface area contributed by atoms with E-state index in [1.165, 1.54) is 0 Å². The Morgan fingerprint density at radius 3 is 2.75 bits per heavy atom. The van der Waals surface area contributed by atoms with Gasteiger partial charge in [-0.2, -0.15) is 5.26 Å². The summed E-state index contributed by atoms with van der Waals surface area (Å²) in [6.07, 6.45) is 1.22. The number of phenolic OH excluding ortho intramolecular Hbond substituents is 1. The predicted octanol–water partition coefficient (Wildman–Crippen LogP) is 2.16. The van der Waals surface area contributed by atoms with Crippen molar-refractivity contribution < 1.29 is 5.11 Å². The summed E-state index contributed by atoms with van der Waals surface area (Å²) in [7, 11) is 0. The summed E-state index contributed by atoms with van der Waals surface area (Å²) < 4.78 is 0. The molecule has 62 valence electrons. The molecule has 2 nitrogen and oxygen atoms in total. The van der Waals surface area contributed by atoms with Gasteiger partial charge in [-0.1, -0.05) is 6.07 Å². The van der Waals surface area contributed by atoms with Crippen LogP contribution >= 0.6 is 0 Å². The molecule has 1 rings (SSSR count). The summed E-state index contributed by atoms with van der Waals surface area (Å²) in [5.41, 5.74) is 2.05. The molecule has 1 aromatic carbocycles. The molecule has 0 saturated heterocycles. The highest BCUT2D eigenvalue weighted by Gasteiger charge is 1.96. The van der Waals surface area contributed by atoms with Crippen molar-refractivity contribution in [3.05, 3.63) is 29.3 Å². The Hall–Kier alpha value is -1.49. The monoisotopic (exact) mass is 161 g/mol. The molecule has 0 aliphatic carbocycles. The van der Waals surface area contributed by atoms with Crippen LogP contribution in [0.2, 0.25) is 0 Å². The highest BCUT2D eigenvalue weighted by molar-refractivity contribution is 5.32. The Morgan fingerprint density at radius 2 is 2.17 bits per heavy atom. The van der Waals surface area contributed by atoms with Crippen molar-refractivity contribution in [3.63, 3.8) is 0 Å². The summed E-state index contributed by atoms with van der Waals surface area (Å²) in [6, 6.07) is 7.46. The Bertz CT molecular complexity index is 292. The third-order valence-electron chi connectivity index (χ3n) is 1.65. The van der Waals surface area contributed by atoms with Crippen molar-refractivity contribution >= 4 is 0 Å². The Balaban J connectivity index is 2.80. The van der Waals surface area contributed by atoms with E-state index in [-0.39, 0.29) is 5.75 Å². The zero-order valence-corrected chi connectivity index (χ0v) is 7.04. The number of aryl methyl sites for hydroxylation is 2. The molecule has 0 aromatic heterocycles. The summed E-state index contributed by atoms with van der Waals surface area (Å²) in [4.78, 5) is 0. The predicted molar refractivity (Wildman–Crippen MR) is 46.8 cm³/mol. The topological polar surface area (TPSA) is 44.0 Å². The van der Waals surface area contributed by atoms with Crippen molar-refractivity contribution in [2.45, 2.75) is 19.8 Å². The van der Waals surface area contributed by atoms with E-state index in [4.69, 9.17) is 5.26 Å². The van der Waals surface area contributed by atoms with Gasteiger partial charge in [-0.25, -0.2) is 0 Å². The molecule has 1 aromatic rings. The first-order valence-electron chi connectivity index (χ1n) is 3.89. The van der Waals surface area contributed by atoms with Gasteiger partial charge in [0, 0.05) is 6.42 Å². The van der Waals surface area contributed by atoms with Gasteiger partial charge in [0.15, 0.2) is 0 Å². The smallest absolute Gasteiger partial charge is 0.116 e. The van der Waals surface area contributed by atoms with Crippen LogP contribution in [0.15, 0.2) is 18.2 Å². The fourth-order valence-corrected chi connectivity index (χ4v) is 1.19. The van der Waals surface area contributed by atoms with Crippen LogP contribution in [0.3, 0.4) is 0 Å². The minimum absolute atomic E-state index is 0.280. The Morgan fingerprint density at radius 1 is 1.42 bits per heavy atom. The summed E-state index contributed by atoms with van der Waals surface area (Å²) in [5.74, 6) is 0.280. The second-order valence-corrected chi connectivity index (χ2v) is 2.83. The highest BCUT2D eigenvalue weighted by Crippen LogP contribution is 2.15. The van der Waals surface area contributed by atoms with Gasteiger partial charge in [0.2, 0.25) is 0 Å². The number of nitrogens with zero attached hydrogens (tertiary/aromatic N) is 1. The molecule has 0 radical (unpaired) electrons. The molecular formula is C10H11NO. The molecule has 0 atom stereocenters. The molecule has 0 aliphatic heterocycles. The number of phenols is 1. The molecule has 0 amide bonds. The standard InChI is InChI=1S/C10H11NO/c1-8-5-9(3-2-4-11)7-10(12)6-8/h5-7,12H,2-3H2,1H3. The largest absolute Gasteiger partial charge is 0.508 e. The van der Waals surface area contributed by atoms with Crippen LogP contribution in [0.1, 0.15) is 17.5 Å². The van der Waals surface area contributed by atoms with E-state index < -0.39 is 0 Å². The van der Waals surface area contributed by atoms with E-state index in [0.29, 0.717) is 12.8 Å². The zero-order valence-electron chi connectivity index (χ0n) is 7.04. The van der Waals surface area contributed by atoms with Gasteiger partial charge in [0.25, 0.3) is 0 Å². The molecule has 2 heteroatoms. The van der Waals surface area contributed by atoms with Crippen molar-refractivity contribution in [2.75, 3.05) is 0 Å². The van der Waals surface area contributed by atoms with E-state index >= 15 is 0 Å². The molecular weight excluding hydrogens is 150 g/mol. The number of rotatable bonds is 2. The quantitative estimate of drug-likeness (QED) is 0.722. The lowest BCUT2D eigenvalue weighted by Crippen LogP contribution is -1.84. The molecule has 0 fully saturated rings.